The quantitative estimate of drug-likeness (QED) is 0.620. The van der Waals surface area contributed by atoms with Crippen LogP contribution in [-0.2, 0) is 4.74 Å². The van der Waals surface area contributed by atoms with Crippen LogP contribution >= 0.6 is 0 Å². The molecule has 0 aromatic rings. The van der Waals surface area contributed by atoms with E-state index < -0.39 is 0 Å². The van der Waals surface area contributed by atoms with E-state index in [4.69, 9.17) is 4.74 Å². The standard InChI is InChI=1S/C15H31NO/c1-7-10-11-13(16-12-8-2)14(17-9-3)15(4,5)6/h7,13-14,16H,1,8-12H2,2-6H3. The van der Waals surface area contributed by atoms with E-state index in [1.54, 1.807) is 0 Å². The van der Waals surface area contributed by atoms with Crippen LogP contribution in [0.3, 0.4) is 0 Å². The third-order valence-electron chi connectivity index (χ3n) is 2.90. The molecule has 2 unspecified atom stereocenters. The maximum Gasteiger partial charge on any atom is 0.0776 e. The van der Waals surface area contributed by atoms with Crippen LogP contribution in [0.15, 0.2) is 12.7 Å². The maximum absolute atomic E-state index is 5.97. The monoisotopic (exact) mass is 241 g/mol. The van der Waals surface area contributed by atoms with Gasteiger partial charge >= 0.3 is 0 Å². The summed E-state index contributed by atoms with van der Waals surface area (Å²) < 4.78 is 5.97. The molecule has 0 spiro atoms. The molecule has 17 heavy (non-hydrogen) atoms. The molecule has 0 amide bonds. The summed E-state index contributed by atoms with van der Waals surface area (Å²) >= 11 is 0. The fourth-order valence-corrected chi connectivity index (χ4v) is 2.14. The van der Waals surface area contributed by atoms with Crippen LogP contribution in [0.5, 0.6) is 0 Å². The number of hydrogen-bond acceptors (Lipinski definition) is 2. The minimum Gasteiger partial charge on any atom is -0.376 e. The number of rotatable bonds is 9. The van der Waals surface area contributed by atoms with Crippen molar-refractivity contribution >= 4 is 0 Å². The van der Waals surface area contributed by atoms with Crippen molar-refractivity contribution in [2.24, 2.45) is 5.41 Å². The van der Waals surface area contributed by atoms with Gasteiger partial charge in [0.05, 0.1) is 6.10 Å². The van der Waals surface area contributed by atoms with E-state index in [0.29, 0.717) is 6.04 Å². The summed E-state index contributed by atoms with van der Waals surface area (Å²) in [5.41, 5.74) is 0.169. The summed E-state index contributed by atoms with van der Waals surface area (Å²) in [5.74, 6) is 0. The van der Waals surface area contributed by atoms with Gasteiger partial charge in [0.2, 0.25) is 0 Å². The van der Waals surface area contributed by atoms with Gasteiger partial charge in [0.25, 0.3) is 0 Å². The van der Waals surface area contributed by atoms with Crippen molar-refractivity contribution in [1.82, 2.24) is 5.32 Å². The highest BCUT2D eigenvalue weighted by Crippen LogP contribution is 2.27. The molecular weight excluding hydrogens is 210 g/mol. The highest BCUT2D eigenvalue weighted by Gasteiger charge is 2.31. The summed E-state index contributed by atoms with van der Waals surface area (Å²) in [6.45, 7) is 16.7. The number of allylic oxidation sites excluding steroid dienone is 1. The van der Waals surface area contributed by atoms with Crippen LogP contribution in [0, 0.1) is 5.41 Å². The highest BCUT2D eigenvalue weighted by atomic mass is 16.5. The lowest BCUT2D eigenvalue weighted by Gasteiger charge is -2.37. The molecule has 1 N–H and O–H groups in total. The molecule has 102 valence electrons. The molecule has 2 atom stereocenters. The van der Waals surface area contributed by atoms with E-state index >= 15 is 0 Å². The van der Waals surface area contributed by atoms with Crippen molar-refractivity contribution in [2.45, 2.75) is 66.0 Å². The lowest BCUT2D eigenvalue weighted by atomic mass is 9.83. The Morgan fingerprint density at radius 2 is 1.94 bits per heavy atom. The molecule has 0 aliphatic rings. The molecule has 0 saturated carbocycles. The largest absolute Gasteiger partial charge is 0.376 e. The highest BCUT2D eigenvalue weighted by molar-refractivity contribution is 4.88. The van der Waals surface area contributed by atoms with Crippen LogP contribution in [0.4, 0.5) is 0 Å². The Morgan fingerprint density at radius 3 is 2.35 bits per heavy atom. The Hall–Kier alpha value is -0.340. The van der Waals surface area contributed by atoms with Gasteiger partial charge in [-0.05, 0) is 38.1 Å². The van der Waals surface area contributed by atoms with E-state index in [1.807, 2.05) is 6.08 Å². The average Bonchev–Trinajstić information content (AvgIpc) is 2.25. The second-order valence-electron chi connectivity index (χ2n) is 5.67. The minimum absolute atomic E-state index is 0.169. The summed E-state index contributed by atoms with van der Waals surface area (Å²) in [7, 11) is 0. The van der Waals surface area contributed by atoms with Gasteiger partial charge in [0.1, 0.15) is 0 Å². The van der Waals surface area contributed by atoms with E-state index in [9.17, 15) is 0 Å². The molecule has 0 fully saturated rings. The molecule has 2 heteroatoms. The van der Waals surface area contributed by atoms with Gasteiger partial charge < -0.3 is 10.1 Å². The molecule has 0 rings (SSSR count). The van der Waals surface area contributed by atoms with Crippen molar-refractivity contribution in [2.75, 3.05) is 13.2 Å². The van der Waals surface area contributed by atoms with E-state index in [0.717, 1.165) is 32.4 Å². The molecule has 0 heterocycles. The lowest BCUT2D eigenvalue weighted by molar-refractivity contribution is -0.0371. The molecule has 2 nitrogen and oxygen atoms in total. The maximum atomic E-state index is 5.97. The first-order chi connectivity index (χ1) is 7.97. The average molecular weight is 241 g/mol. The Bertz CT molecular complexity index is 196. The smallest absolute Gasteiger partial charge is 0.0776 e. The first-order valence-electron chi connectivity index (χ1n) is 6.93. The Labute approximate surface area is 108 Å². The number of hydrogen-bond donors (Lipinski definition) is 1. The topological polar surface area (TPSA) is 21.3 Å². The third-order valence-corrected chi connectivity index (χ3v) is 2.90. The van der Waals surface area contributed by atoms with E-state index in [-0.39, 0.29) is 11.5 Å². The van der Waals surface area contributed by atoms with Gasteiger partial charge in [-0.2, -0.15) is 0 Å². The van der Waals surface area contributed by atoms with Gasteiger partial charge in [0, 0.05) is 12.6 Å². The van der Waals surface area contributed by atoms with Gasteiger partial charge in [-0.3, -0.25) is 0 Å². The van der Waals surface area contributed by atoms with Gasteiger partial charge in [0.15, 0.2) is 0 Å². The molecule has 0 radical (unpaired) electrons. The Morgan fingerprint density at radius 1 is 1.29 bits per heavy atom. The summed E-state index contributed by atoms with van der Waals surface area (Å²) in [5, 5.41) is 3.62. The molecule has 0 bridgehead atoms. The second-order valence-corrected chi connectivity index (χ2v) is 5.67. The van der Waals surface area contributed by atoms with Crippen molar-refractivity contribution in [3.8, 4) is 0 Å². The molecule has 0 saturated heterocycles. The van der Waals surface area contributed by atoms with Crippen molar-refractivity contribution in [1.29, 1.82) is 0 Å². The fraction of sp³-hybridized carbons (Fsp3) is 0.867. The Kier molecular flexibility index (Phi) is 8.53. The van der Waals surface area contributed by atoms with Crippen LogP contribution < -0.4 is 5.32 Å². The summed E-state index contributed by atoms with van der Waals surface area (Å²) in [4.78, 5) is 0. The predicted octanol–water partition coefficient (Wildman–Crippen LogP) is 3.77. The van der Waals surface area contributed by atoms with Crippen molar-refractivity contribution in [3.05, 3.63) is 12.7 Å². The second kappa shape index (κ2) is 8.71. The van der Waals surface area contributed by atoms with Crippen molar-refractivity contribution < 1.29 is 4.74 Å². The van der Waals surface area contributed by atoms with Crippen LogP contribution in [-0.4, -0.2) is 25.3 Å². The Balaban J connectivity index is 4.60. The van der Waals surface area contributed by atoms with E-state index in [1.165, 1.54) is 0 Å². The SMILES string of the molecule is C=CCCC(NCCC)C(OCC)C(C)(C)C. The fourth-order valence-electron chi connectivity index (χ4n) is 2.14. The van der Waals surface area contributed by atoms with Gasteiger partial charge in [-0.1, -0.05) is 33.8 Å². The zero-order chi connectivity index (χ0) is 13.3. The zero-order valence-corrected chi connectivity index (χ0v) is 12.4. The minimum atomic E-state index is 0.169. The number of nitrogens with one attached hydrogen (secondary N) is 1. The van der Waals surface area contributed by atoms with Crippen molar-refractivity contribution in [3.63, 3.8) is 0 Å². The molecule has 0 aliphatic heterocycles. The third kappa shape index (κ3) is 6.85. The predicted molar refractivity (Wildman–Crippen MR) is 76.4 cm³/mol. The summed E-state index contributed by atoms with van der Waals surface area (Å²) in [6, 6.07) is 0.424. The van der Waals surface area contributed by atoms with E-state index in [2.05, 4.69) is 46.5 Å². The normalized spacial score (nSPS) is 15.6. The zero-order valence-electron chi connectivity index (χ0n) is 12.4. The van der Waals surface area contributed by atoms with Crippen LogP contribution in [0.25, 0.3) is 0 Å². The summed E-state index contributed by atoms with van der Waals surface area (Å²) in [6.07, 6.45) is 5.56. The van der Waals surface area contributed by atoms with Gasteiger partial charge in [-0.15, -0.1) is 6.58 Å². The lowest BCUT2D eigenvalue weighted by Crippen LogP contribution is -2.48. The molecular formula is C15H31NO. The van der Waals surface area contributed by atoms with Crippen LogP contribution in [0.1, 0.15) is 53.9 Å². The first-order valence-corrected chi connectivity index (χ1v) is 6.93. The van der Waals surface area contributed by atoms with Gasteiger partial charge in [-0.25, -0.2) is 0 Å². The molecule has 0 aliphatic carbocycles. The van der Waals surface area contributed by atoms with Crippen LogP contribution in [0.2, 0.25) is 0 Å². The molecule has 0 aromatic carbocycles. The molecule has 0 aromatic heterocycles. The first kappa shape index (κ1) is 16.7. The number of ether oxygens (including phenoxy) is 1.